The molecule has 11 nitrogen and oxygen atoms in total. The Morgan fingerprint density at radius 1 is 0.855 bits per heavy atom. The molecule has 13 heteroatoms. The molecular formula is C42H50FN5O6S. The molecule has 1 saturated heterocycles. The van der Waals surface area contributed by atoms with Gasteiger partial charge in [-0.3, -0.25) is 23.6 Å². The normalized spacial score (nSPS) is 15.4. The number of carbonyl (C=O) groups excluding carboxylic acids is 3. The number of amides is 3. The minimum Gasteiger partial charge on any atom is -0.381 e. The van der Waals surface area contributed by atoms with Gasteiger partial charge in [-0.1, -0.05) is 72.8 Å². The number of piperidine rings is 1. The summed E-state index contributed by atoms with van der Waals surface area (Å²) in [5, 5.41) is 19.8. The third-order valence-corrected chi connectivity index (χ3v) is 11.3. The molecule has 0 aliphatic carbocycles. The van der Waals surface area contributed by atoms with E-state index < -0.39 is 51.7 Å². The Morgan fingerprint density at radius 3 is 2.00 bits per heavy atom. The Labute approximate surface area is 323 Å². The summed E-state index contributed by atoms with van der Waals surface area (Å²) in [6, 6.07) is 27.5. The molecule has 1 unspecified atom stereocenters. The molecule has 1 heterocycles. The number of carbonyl (C=O) groups is 3. The lowest BCUT2D eigenvalue weighted by atomic mass is 9.93. The number of likely N-dealkylation sites (tertiary alicyclic amines) is 1. The molecule has 0 radical (unpaired) electrons. The van der Waals surface area contributed by atoms with Gasteiger partial charge in [0.25, 0.3) is 17.7 Å². The Balaban J connectivity index is 1.27. The quantitative estimate of drug-likeness (QED) is 0.128. The van der Waals surface area contributed by atoms with Gasteiger partial charge in [0.1, 0.15) is 5.82 Å². The van der Waals surface area contributed by atoms with Gasteiger partial charge < -0.3 is 21.1 Å². The summed E-state index contributed by atoms with van der Waals surface area (Å²) in [6.07, 6.45) is 2.28. The van der Waals surface area contributed by atoms with Crippen molar-refractivity contribution in [3.8, 4) is 0 Å². The SMILES string of the molecule is C[C@@H](NC(=O)c1cc(C(=O)N[C@@H](Cc2ccccc2)C(O)C(=O)NCCC2CCN(Cc3ccccc3)CC2)cc(N(C)S(C)(=O)=O)c1)c1ccc(F)cc1. The maximum Gasteiger partial charge on any atom is 0.251 e. The summed E-state index contributed by atoms with van der Waals surface area (Å²) in [7, 11) is -2.49. The molecule has 5 rings (SSSR count). The van der Waals surface area contributed by atoms with Crippen LogP contribution in [0.2, 0.25) is 0 Å². The van der Waals surface area contributed by atoms with Gasteiger partial charge in [-0.15, -0.1) is 0 Å². The van der Waals surface area contributed by atoms with Crippen molar-refractivity contribution in [2.75, 3.05) is 37.2 Å². The molecule has 4 aromatic carbocycles. The Hall–Kier alpha value is -5.11. The van der Waals surface area contributed by atoms with Crippen molar-refractivity contribution in [2.24, 2.45) is 5.92 Å². The highest BCUT2D eigenvalue weighted by atomic mass is 32.2. The zero-order valence-corrected chi connectivity index (χ0v) is 32.3. The maximum atomic E-state index is 13.9. The van der Waals surface area contributed by atoms with E-state index >= 15 is 0 Å². The number of hydrogen-bond donors (Lipinski definition) is 4. The van der Waals surface area contributed by atoms with Crippen LogP contribution in [-0.4, -0.2) is 81.2 Å². The van der Waals surface area contributed by atoms with Gasteiger partial charge in [0.15, 0.2) is 6.10 Å². The molecule has 4 aromatic rings. The number of rotatable bonds is 16. The molecular weight excluding hydrogens is 722 g/mol. The van der Waals surface area contributed by atoms with Crippen molar-refractivity contribution < 1.29 is 32.3 Å². The van der Waals surface area contributed by atoms with Gasteiger partial charge in [0.05, 0.1) is 24.0 Å². The van der Waals surface area contributed by atoms with Crippen LogP contribution < -0.4 is 20.3 Å². The number of anilines is 1. The van der Waals surface area contributed by atoms with Gasteiger partial charge in [0, 0.05) is 31.3 Å². The summed E-state index contributed by atoms with van der Waals surface area (Å²) in [5.41, 5.74) is 2.68. The summed E-state index contributed by atoms with van der Waals surface area (Å²) >= 11 is 0. The summed E-state index contributed by atoms with van der Waals surface area (Å²) in [5.74, 6) is -1.93. The lowest BCUT2D eigenvalue weighted by molar-refractivity contribution is -0.130. The van der Waals surface area contributed by atoms with Gasteiger partial charge in [0.2, 0.25) is 10.0 Å². The van der Waals surface area contributed by atoms with Crippen LogP contribution >= 0.6 is 0 Å². The third-order valence-electron chi connectivity index (χ3n) is 10.1. The second kappa shape index (κ2) is 19.0. The van der Waals surface area contributed by atoms with Crippen LogP contribution in [0.5, 0.6) is 0 Å². The van der Waals surface area contributed by atoms with Crippen LogP contribution in [-0.2, 0) is 27.8 Å². The van der Waals surface area contributed by atoms with Crippen LogP contribution in [0.15, 0.2) is 103 Å². The number of nitrogens with one attached hydrogen (secondary N) is 3. The van der Waals surface area contributed by atoms with E-state index in [1.165, 1.54) is 55.1 Å². The second-order valence-corrected chi connectivity index (χ2v) is 16.3. The number of nitrogens with zero attached hydrogens (tertiary/aromatic N) is 2. The van der Waals surface area contributed by atoms with Crippen LogP contribution in [0, 0.1) is 11.7 Å². The average Bonchev–Trinajstić information content (AvgIpc) is 3.18. The first-order valence-electron chi connectivity index (χ1n) is 18.5. The van der Waals surface area contributed by atoms with Gasteiger partial charge in [-0.2, -0.15) is 0 Å². The highest BCUT2D eigenvalue weighted by Crippen LogP contribution is 2.24. The lowest BCUT2D eigenvalue weighted by Gasteiger charge is -2.32. The Kier molecular flexibility index (Phi) is 14.2. The number of sulfonamides is 1. The van der Waals surface area contributed by atoms with E-state index in [4.69, 9.17) is 0 Å². The van der Waals surface area contributed by atoms with Crippen molar-refractivity contribution in [1.82, 2.24) is 20.9 Å². The van der Waals surface area contributed by atoms with Crippen molar-refractivity contribution in [3.63, 3.8) is 0 Å². The smallest absolute Gasteiger partial charge is 0.251 e. The fraction of sp³-hybridized carbons (Fsp3) is 0.357. The van der Waals surface area contributed by atoms with Crippen LogP contribution in [0.1, 0.15) is 69.6 Å². The molecule has 1 fully saturated rings. The number of halogens is 1. The summed E-state index contributed by atoms with van der Waals surface area (Å²) in [6.45, 7) is 4.94. The number of aliphatic hydroxyl groups excluding tert-OH is 1. The van der Waals surface area contributed by atoms with Crippen molar-refractivity contribution in [2.45, 2.75) is 57.3 Å². The second-order valence-electron chi connectivity index (χ2n) is 14.2. The summed E-state index contributed by atoms with van der Waals surface area (Å²) in [4.78, 5) is 43.2. The summed E-state index contributed by atoms with van der Waals surface area (Å²) < 4.78 is 39.5. The third kappa shape index (κ3) is 11.9. The van der Waals surface area contributed by atoms with E-state index in [-0.39, 0.29) is 23.2 Å². The Bertz CT molecular complexity index is 2010. The predicted octanol–water partition coefficient (Wildman–Crippen LogP) is 4.83. The molecule has 0 saturated carbocycles. The molecule has 3 atom stereocenters. The molecule has 0 bridgehead atoms. The monoisotopic (exact) mass is 771 g/mol. The molecule has 292 valence electrons. The molecule has 55 heavy (non-hydrogen) atoms. The van der Waals surface area contributed by atoms with Crippen LogP contribution in [0.25, 0.3) is 0 Å². The van der Waals surface area contributed by atoms with Crippen molar-refractivity contribution >= 4 is 33.4 Å². The molecule has 1 aliphatic rings. The topological polar surface area (TPSA) is 148 Å². The average molecular weight is 772 g/mol. The zero-order chi connectivity index (χ0) is 39.5. The first-order valence-corrected chi connectivity index (χ1v) is 20.3. The van der Waals surface area contributed by atoms with E-state index in [9.17, 15) is 32.3 Å². The van der Waals surface area contributed by atoms with Gasteiger partial charge >= 0.3 is 0 Å². The molecule has 1 aliphatic heterocycles. The zero-order valence-electron chi connectivity index (χ0n) is 31.5. The fourth-order valence-electron chi connectivity index (χ4n) is 6.68. The highest BCUT2D eigenvalue weighted by molar-refractivity contribution is 7.92. The standard InChI is InChI=1S/C42H50FN5O6S/c1-29(33-14-16-36(43)17-15-33)45-40(50)34-25-35(27-37(26-34)47(2)55(3,53)54)41(51)46-38(24-31-10-6-4-7-11-31)39(49)42(52)44-21-18-30-19-22-48(23-20-30)28-32-12-8-5-9-13-32/h4-17,25-27,29-30,38-39,49H,18-24,28H2,1-3H3,(H,44,52)(H,45,50)(H,46,51)/t29-,38+,39?/m1/s1. The van der Waals surface area contributed by atoms with Gasteiger partial charge in [-0.05, 0) is 98.6 Å². The van der Waals surface area contributed by atoms with Crippen molar-refractivity contribution in [1.29, 1.82) is 0 Å². The first kappa shape index (κ1) is 41.1. The fourth-order valence-corrected chi connectivity index (χ4v) is 7.17. The molecule has 0 spiro atoms. The van der Waals surface area contributed by atoms with Crippen LogP contribution in [0.4, 0.5) is 10.1 Å². The van der Waals surface area contributed by atoms with E-state index in [2.05, 4.69) is 33.0 Å². The van der Waals surface area contributed by atoms with Crippen LogP contribution in [0.3, 0.4) is 0 Å². The lowest BCUT2D eigenvalue weighted by Crippen LogP contribution is -2.52. The maximum absolute atomic E-state index is 13.9. The Morgan fingerprint density at radius 2 is 1.42 bits per heavy atom. The molecule has 4 N–H and O–H groups in total. The predicted molar refractivity (Wildman–Crippen MR) is 211 cm³/mol. The van der Waals surface area contributed by atoms with E-state index in [0.717, 1.165) is 55.0 Å². The molecule has 3 amide bonds. The largest absolute Gasteiger partial charge is 0.381 e. The van der Waals surface area contributed by atoms with E-state index in [1.54, 1.807) is 6.92 Å². The van der Waals surface area contributed by atoms with E-state index in [0.29, 0.717) is 18.0 Å². The number of aliphatic hydroxyl groups is 1. The number of hydrogen-bond acceptors (Lipinski definition) is 7. The molecule has 0 aromatic heterocycles. The van der Waals surface area contributed by atoms with Gasteiger partial charge in [-0.25, -0.2) is 12.8 Å². The van der Waals surface area contributed by atoms with Crippen molar-refractivity contribution in [3.05, 3.63) is 137 Å². The van der Waals surface area contributed by atoms with E-state index in [1.807, 2.05) is 48.5 Å². The number of benzene rings is 4. The first-order chi connectivity index (χ1) is 26.3. The minimum atomic E-state index is -3.79. The minimum absolute atomic E-state index is 0.00379. The highest BCUT2D eigenvalue weighted by Gasteiger charge is 2.30.